The lowest BCUT2D eigenvalue weighted by Crippen LogP contribution is -2.47. The number of pyridine rings is 1. The Hall–Kier alpha value is -1.22. The van der Waals surface area contributed by atoms with Crippen molar-refractivity contribution in [3.63, 3.8) is 0 Å². The van der Waals surface area contributed by atoms with Crippen LogP contribution in [-0.4, -0.2) is 55.8 Å². The molecule has 1 aromatic rings. The fraction of sp³-hybridized carbons (Fsp3) is 0.583. The lowest BCUT2D eigenvalue weighted by Gasteiger charge is -2.33. The first kappa shape index (κ1) is 15.2. The molecule has 0 spiro atoms. The molecule has 1 saturated heterocycles. The van der Waals surface area contributed by atoms with E-state index in [1.165, 1.54) is 22.7 Å². The zero-order valence-corrected chi connectivity index (χ0v) is 12.7. The van der Waals surface area contributed by atoms with Crippen molar-refractivity contribution in [3.05, 3.63) is 23.5 Å². The largest absolute Gasteiger partial charge is 0.399 e. The summed E-state index contributed by atoms with van der Waals surface area (Å²) in [5.74, 6) is 0. The predicted molar refractivity (Wildman–Crippen MR) is 76.3 cm³/mol. The van der Waals surface area contributed by atoms with Gasteiger partial charge < -0.3 is 10.5 Å². The van der Waals surface area contributed by atoms with Crippen molar-refractivity contribution < 1.29 is 13.2 Å². The van der Waals surface area contributed by atoms with E-state index in [9.17, 15) is 8.42 Å². The summed E-state index contributed by atoms with van der Waals surface area (Å²) in [6.07, 6.45) is -0.388. The summed E-state index contributed by atoms with van der Waals surface area (Å²) in [5.41, 5.74) is 7.86. The van der Waals surface area contributed by atoms with E-state index in [0.29, 0.717) is 24.5 Å². The van der Waals surface area contributed by atoms with Crippen LogP contribution in [0.25, 0.3) is 0 Å². The number of morpholine rings is 1. The first-order chi connectivity index (χ1) is 9.30. The summed E-state index contributed by atoms with van der Waals surface area (Å²) in [6, 6.07) is 3.49. The maximum absolute atomic E-state index is 12.1. The van der Waals surface area contributed by atoms with Crippen LogP contribution < -0.4 is 5.73 Å². The van der Waals surface area contributed by atoms with Crippen molar-refractivity contribution in [2.45, 2.75) is 13.0 Å². The molecule has 2 rings (SSSR count). The summed E-state index contributed by atoms with van der Waals surface area (Å²) in [7, 11) is -0.400. The summed E-state index contributed by atoms with van der Waals surface area (Å²) >= 11 is 0. The van der Waals surface area contributed by atoms with Crippen LogP contribution in [0.15, 0.2) is 12.1 Å². The number of rotatable bonds is 3. The highest BCUT2D eigenvalue weighted by Crippen LogP contribution is 2.24. The predicted octanol–water partition coefficient (Wildman–Crippen LogP) is 0.152. The van der Waals surface area contributed by atoms with Crippen LogP contribution in [-0.2, 0) is 14.9 Å². The van der Waals surface area contributed by atoms with Gasteiger partial charge in [0.05, 0.1) is 12.3 Å². The molecule has 0 amide bonds. The zero-order chi connectivity index (χ0) is 14.9. The Labute approximate surface area is 119 Å². The highest BCUT2D eigenvalue weighted by atomic mass is 32.2. The van der Waals surface area contributed by atoms with Crippen molar-refractivity contribution in [3.8, 4) is 0 Å². The first-order valence-electron chi connectivity index (χ1n) is 6.34. The second-order valence-corrected chi connectivity index (χ2v) is 7.12. The van der Waals surface area contributed by atoms with Gasteiger partial charge >= 0.3 is 0 Å². The number of anilines is 1. The lowest BCUT2D eigenvalue weighted by molar-refractivity contribution is -0.00626. The molecule has 112 valence electrons. The molecule has 0 bridgehead atoms. The Bertz CT molecular complexity index is 568. The topological polar surface area (TPSA) is 88.8 Å². The SMILES string of the molecule is Cc1cc(N)cc([C@H]2CN(S(=O)(=O)N(C)C)CCO2)n1. The maximum Gasteiger partial charge on any atom is 0.281 e. The normalized spacial score (nSPS) is 21.3. The van der Waals surface area contributed by atoms with E-state index >= 15 is 0 Å². The standard InChI is InChI=1S/C12H20N4O3S/c1-9-6-10(13)7-11(14-9)12-8-16(4-5-19-12)20(17,18)15(2)3/h6-7,12H,4-5,8H2,1-3H3,(H2,13,14)/t12-/m1/s1. The lowest BCUT2D eigenvalue weighted by atomic mass is 10.2. The molecule has 8 heteroatoms. The van der Waals surface area contributed by atoms with E-state index in [4.69, 9.17) is 10.5 Å². The van der Waals surface area contributed by atoms with Gasteiger partial charge in [0.25, 0.3) is 10.2 Å². The van der Waals surface area contributed by atoms with Gasteiger partial charge in [-0.1, -0.05) is 0 Å². The van der Waals surface area contributed by atoms with E-state index < -0.39 is 10.2 Å². The molecule has 2 heterocycles. The minimum Gasteiger partial charge on any atom is -0.399 e. The molecule has 20 heavy (non-hydrogen) atoms. The van der Waals surface area contributed by atoms with Gasteiger partial charge in [0, 0.05) is 38.6 Å². The Morgan fingerprint density at radius 3 is 2.75 bits per heavy atom. The van der Waals surface area contributed by atoms with E-state index in [1.807, 2.05) is 6.92 Å². The Balaban J connectivity index is 2.23. The van der Waals surface area contributed by atoms with Crippen LogP contribution >= 0.6 is 0 Å². The molecule has 0 saturated carbocycles. The smallest absolute Gasteiger partial charge is 0.281 e. The molecular formula is C12H20N4O3S. The monoisotopic (exact) mass is 300 g/mol. The molecule has 0 unspecified atom stereocenters. The van der Waals surface area contributed by atoms with Crippen LogP contribution in [0.4, 0.5) is 5.69 Å². The molecule has 0 radical (unpaired) electrons. The van der Waals surface area contributed by atoms with Crippen molar-refractivity contribution >= 4 is 15.9 Å². The maximum atomic E-state index is 12.1. The Kier molecular flexibility index (Phi) is 4.28. The second-order valence-electron chi connectivity index (χ2n) is 4.97. The molecule has 2 N–H and O–H groups in total. The number of aryl methyl sites for hydroxylation is 1. The minimum atomic E-state index is -3.43. The summed E-state index contributed by atoms with van der Waals surface area (Å²) in [6.45, 7) is 2.78. The van der Waals surface area contributed by atoms with Crippen LogP contribution in [0.1, 0.15) is 17.5 Å². The van der Waals surface area contributed by atoms with Gasteiger partial charge in [-0.15, -0.1) is 0 Å². The van der Waals surface area contributed by atoms with Gasteiger partial charge in [-0.05, 0) is 19.1 Å². The fourth-order valence-corrected chi connectivity index (χ4v) is 3.22. The van der Waals surface area contributed by atoms with E-state index in [0.717, 1.165) is 5.69 Å². The van der Waals surface area contributed by atoms with Crippen molar-refractivity contribution in [2.24, 2.45) is 0 Å². The number of nitrogen functional groups attached to an aromatic ring is 1. The fourth-order valence-electron chi connectivity index (χ4n) is 2.13. The third-order valence-electron chi connectivity index (χ3n) is 3.14. The highest BCUT2D eigenvalue weighted by molar-refractivity contribution is 7.86. The van der Waals surface area contributed by atoms with Gasteiger partial charge in [0.15, 0.2) is 0 Å². The van der Waals surface area contributed by atoms with Gasteiger partial charge in [0.1, 0.15) is 6.10 Å². The summed E-state index contributed by atoms with van der Waals surface area (Å²) in [5, 5.41) is 0. The van der Waals surface area contributed by atoms with E-state index in [-0.39, 0.29) is 12.6 Å². The molecule has 1 aromatic heterocycles. The molecule has 0 aromatic carbocycles. The van der Waals surface area contributed by atoms with Crippen molar-refractivity contribution in [2.75, 3.05) is 39.5 Å². The molecular weight excluding hydrogens is 280 g/mol. The quantitative estimate of drug-likeness (QED) is 0.858. The van der Waals surface area contributed by atoms with Crippen LogP contribution in [0, 0.1) is 6.92 Å². The van der Waals surface area contributed by atoms with Gasteiger partial charge in [0.2, 0.25) is 0 Å². The Morgan fingerprint density at radius 1 is 1.45 bits per heavy atom. The number of hydrogen-bond donors (Lipinski definition) is 1. The van der Waals surface area contributed by atoms with Crippen LogP contribution in [0.3, 0.4) is 0 Å². The molecule has 1 aliphatic rings. The number of aromatic nitrogens is 1. The molecule has 1 fully saturated rings. The minimum absolute atomic E-state index is 0.246. The number of nitrogens with two attached hydrogens (primary N) is 1. The average molecular weight is 300 g/mol. The van der Waals surface area contributed by atoms with Gasteiger partial charge in [-0.25, -0.2) is 0 Å². The molecule has 1 aliphatic heterocycles. The van der Waals surface area contributed by atoms with Crippen LogP contribution in [0.2, 0.25) is 0 Å². The third-order valence-corrected chi connectivity index (χ3v) is 5.05. The second kappa shape index (κ2) is 5.65. The van der Waals surface area contributed by atoms with Crippen LogP contribution in [0.5, 0.6) is 0 Å². The van der Waals surface area contributed by atoms with E-state index in [2.05, 4.69) is 4.98 Å². The average Bonchev–Trinajstić information content (AvgIpc) is 2.37. The Morgan fingerprint density at radius 2 is 2.15 bits per heavy atom. The van der Waals surface area contributed by atoms with E-state index in [1.54, 1.807) is 12.1 Å². The molecule has 1 atom stereocenters. The van der Waals surface area contributed by atoms with Crippen molar-refractivity contribution in [1.82, 2.24) is 13.6 Å². The first-order valence-corrected chi connectivity index (χ1v) is 7.73. The summed E-state index contributed by atoms with van der Waals surface area (Å²) < 4.78 is 32.5. The summed E-state index contributed by atoms with van der Waals surface area (Å²) in [4.78, 5) is 4.38. The molecule has 0 aliphatic carbocycles. The van der Waals surface area contributed by atoms with Gasteiger partial charge in [-0.3, -0.25) is 4.98 Å². The zero-order valence-electron chi connectivity index (χ0n) is 11.9. The number of hydrogen-bond acceptors (Lipinski definition) is 5. The van der Waals surface area contributed by atoms with Crippen molar-refractivity contribution in [1.29, 1.82) is 0 Å². The third kappa shape index (κ3) is 3.09. The highest BCUT2D eigenvalue weighted by Gasteiger charge is 2.32. The van der Waals surface area contributed by atoms with Gasteiger partial charge in [-0.2, -0.15) is 17.0 Å². The number of nitrogens with zero attached hydrogens (tertiary/aromatic N) is 3. The number of ether oxygens (including phenoxy) is 1. The molecule has 7 nitrogen and oxygen atoms in total.